The standard InChI is InChI=1S/C14H22N4/c1-13(2,3)12-6-11(17-18-12)7-14(4,5)10-8-15-16-9-10/h6,8-9H,7H2,1-5H3,(H,15,16)(H,17,18). The molecule has 18 heavy (non-hydrogen) atoms. The van der Waals surface area contributed by atoms with Gasteiger partial charge in [0.15, 0.2) is 0 Å². The summed E-state index contributed by atoms with van der Waals surface area (Å²) in [5.74, 6) is 0. The van der Waals surface area contributed by atoms with Gasteiger partial charge in [0.05, 0.1) is 11.9 Å². The largest absolute Gasteiger partial charge is 0.285 e. The van der Waals surface area contributed by atoms with Gasteiger partial charge in [0.25, 0.3) is 0 Å². The van der Waals surface area contributed by atoms with Gasteiger partial charge in [0, 0.05) is 17.3 Å². The first-order chi connectivity index (χ1) is 8.29. The topological polar surface area (TPSA) is 57.4 Å². The fraction of sp³-hybridized carbons (Fsp3) is 0.571. The summed E-state index contributed by atoms with van der Waals surface area (Å²) >= 11 is 0. The highest BCUT2D eigenvalue weighted by Crippen LogP contribution is 2.28. The Bertz CT molecular complexity index is 500. The van der Waals surface area contributed by atoms with Crippen molar-refractivity contribution in [2.24, 2.45) is 0 Å². The zero-order valence-electron chi connectivity index (χ0n) is 11.8. The third kappa shape index (κ3) is 2.63. The maximum atomic E-state index is 4.40. The van der Waals surface area contributed by atoms with Gasteiger partial charge in [-0.3, -0.25) is 10.2 Å². The van der Waals surface area contributed by atoms with Crippen molar-refractivity contribution in [3.8, 4) is 0 Å². The van der Waals surface area contributed by atoms with Gasteiger partial charge in [-0.05, 0) is 23.5 Å². The molecular weight excluding hydrogens is 224 g/mol. The van der Waals surface area contributed by atoms with E-state index in [2.05, 4.69) is 61.1 Å². The summed E-state index contributed by atoms with van der Waals surface area (Å²) in [6, 6.07) is 2.17. The maximum absolute atomic E-state index is 4.40. The summed E-state index contributed by atoms with van der Waals surface area (Å²) in [4.78, 5) is 0. The number of H-pyrrole nitrogens is 2. The third-order valence-electron chi connectivity index (χ3n) is 3.31. The van der Waals surface area contributed by atoms with Crippen LogP contribution in [0, 0.1) is 0 Å². The Morgan fingerprint density at radius 3 is 2.39 bits per heavy atom. The molecular formula is C14H22N4. The molecule has 0 amide bonds. The van der Waals surface area contributed by atoms with E-state index in [-0.39, 0.29) is 10.8 Å². The highest BCUT2D eigenvalue weighted by Gasteiger charge is 2.24. The number of hydrogen-bond donors (Lipinski definition) is 2. The molecule has 0 unspecified atom stereocenters. The van der Waals surface area contributed by atoms with Crippen molar-refractivity contribution >= 4 is 0 Å². The van der Waals surface area contributed by atoms with E-state index in [1.54, 1.807) is 0 Å². The van der Waals surface area contributed by atoms with Gasteiger partial charge in [0.2, 0.25) is 0 Å². The van der Waals surface area contributed by atoms with Crippen LogP contribution in [0.15, 0.2) is 18.5 Å². The van der Waals surface area contributed by atoms with Crippen LogP contribution < -0.4 is 0 Å². The Kier molecular flexibility index (Phi) is 3.05. The van der Waals surface area contributed by atoms with Crippen molar-refractivity contribution in [2.45, 2.75) is 51.9 Å². The van der Waals surface area contributed by atoms with Gasteiger partial charge in [-0.2, -0.15) is 10.2 Å². The lowest BCUT2D eigenvalue weighted by atomic mass is 9.82. The minimum atomic E-state index is 0.0503. The number of nitrogens with zero attached hydrogens (tertiary/aromatic N) is 2. The molecule has 0 saturated heterocycles. The van der Waals surface area contributed by atoms with E-state index >= 15 is 0 Å². The van der Waals surface area contributed by atoms with Crippen LogP contribution >= 0.6 is 0 Å². The van der Waals surface area contributed by atoms with Crippen LogP contribution in [0.25, 0.3) is 0 Å². The summed E-state index contributed by atoms with van der Waals surface area (Å²) in [5, 5.41) is 14.5. The molecule has 4 nitrogen and oxygen atoms in total. The van der Waals surface area contributed by atoms with Crippen LogP contribution in [0.4, 0.5) is 0 Å². The second-order valence-corrected chi connectivity index (χ2v) is 6.58. The predicted octanol–water partition coefficient (Wildman–Crippen LogP) is 2.95. The fourth-order valence-electron chi connectivity index (χ4n) is 2.04. The molecule has 0 aliphatic heterocycles. The second-order valence-electron chi connectivity index (χ2n) is 6.58. The lowest BCUT2D eigenvalue weighted by Gasteiger charge is -2.22. The smallest absolute Gasteiger partial charge is 0.0678 e. The second kappa shape index (κ2) is 4.26. The van der Waals surface area contributed by atoms with Crippen LogP contribution in [-0.4, -0.2) is 20.4 Å². The van der Waals surface area contributed by atoms with Crippen molar-refractivity contribution in [1.29, 1.82) is 0 Å². The van der Waals surface area contributed by atoms with Crippen molar-refractivity contribution in [2.75, 3.05) is 0 Å². The summed E-state index contributed by atoms with van der Waals surface area (Å²) in [6.45, 7) is 11.0. The van der Waals surface area contributed by atoms with E-state index in [0.717, 1.165) is 12.1 Å². The molecule has 0 aromatic carbocycles. The van der Waals surface area contributed by atoms with Crippen molar-refractivity contribution in [3.63, 3.8) is 0 Å². The predicted molar refractivity (Wildman–Crippen MR) is 72.6 cm³/mol. The summed E-state index contributed by atoms with van der Waals surface area (Å²) in [5.41, 5.74) is 3.64. The monoisotopic (exact) mass is 246 g/mol. The normalized spacial score (nSPS) is 12.9. The average Bonchev–Trinajstić information content (AvgIpc) is 2.83. The van der Waals surface area contributed by atoms with Crippen molar-refractivity contribution in [1.82, 2.24) is 20.4 Å². The van der Waals surface area contributed by atoms with E-state index < -0.39 is 0 Å². The number of nitrogens with one attached hydrogen (secondary N) is 2. The highest BCUT2D eigenvalue weighted by atomic mass is 15.1. The molecule has 2 rings (SSSR count). The molecule has 2 aromatic heterocycles. The van der Waals surface area contributed by atoms with E-state index in [4.69, 9.17) is 0 Å². The molecule has 0 fully saturated rings. The van der Waals surface area contributed by atoms with Crippen LogP contribution in [0.3, 0.4) is 0 Å². The first-order valence-corrected chi connectivity index (χ1v) is 6.33. The summed E-state index contributed by atoms with van der Waals surface area (Å²) in [7, 11) is 0. The van der Waals surface area contributed by atoms with Crippen LogP contribution in [-0.2, 0) is 17.3 Å². The lowest BCUT2D eigenvalue weighted by molar-refractivity contribution is 0.515. The maximum Gasteiger partial charge on any atom is 0.0678 e. The van der Waals surface area contributed by atoms with Gasteiger partial charge in [-0.25, -0.2) is 0 Å². The van der Waals surface area contributed by atoms with E-state index in [1.807, 2.05) is 12.4 Å². The van der Waals surface area contributed by atoms with Crippen LogP contribution in [0.1, 0.15) is 51.6 Å². The molecule has 0 saturated carbocycles. The Morgan fingerprint density at radius 1 is 1.17 bits per heavy atom. The van der Waals surface area contributed by atoms with Gasteiger partial charge >= 0.3 is 0 Å². The summed E-state index contributed by atoms with van der Waals surface area (Å²) in [6.07, 6.45) is 4.78. The molecule has 98 valence electrons. The minimum Gasteiger partial charge on any atom is -0.285 e. The van der Waals surface area contributed by atoms with Crippen LogP contribution in [0.5, 0.6) is 0 Å². The Balaban J connectivity index is 2.17. The first kappa shape index (κ1) is 12.9. The van der Waals surface area contributed by atoms with E-state index in [9.17, 15) is 0 Å². The number of rotatable bonds is 3. The first-order valence-electron chi connectivity index (χ1n) is 6.33. The molecule has 2 aromatic rings. The zero-order chi connectivity index (χ0) is 13.4. The Morgan fingerprint density at radius 2 is 1.89 bits per heavy atom. The molecule has 0 atom stereocenters. The SMILES string of the molecule is CC(C)(C)c1cc(CC(C)(C)c2cn[nH]c2)[nH]n1. The fourth-order valence-corrected chi connectivity index (χ4v) is 2.04. The molecule has 4 heteroatoms. The summed E-state index contributed by atoms with van der Waals surface area (Å²) < 4.78 is 0. The number of aromatic nitrogens is 4. The quantitative estimate of drug-likeness (QED) is 0.874. The molecule has 2 heterocycles. The minimum absolute atomic E-state index is 0.0503. The van der Waals surface area contributed by atoms with E-state index in [1.165, 1.54) is 11.3 Å². The van der Waals surface area contributed by atoms with Gasteiger partial charge in [-0.1, -0.05) is 34.6 Å². The molecule has 0 aliphatic carbocycles. The molecule has 2 N–H and O–H groups in total. The van der Waals surface area contributed by atoms with Gasteiger partial charge < -0.3 is 0 Å². The van der Waals surface area contributed by atoms with Crippen molar-refractivity contribution < 1.29 is 0 Å². The zero-order valence-corrected chi connectivity index (χ0v) is 11.8. The molecule has 0 radical (unpaired) electrons. The third-order valence-corrected chi connectivity index (χ3v) is 3.31. The Labute approximate surface area is 108 Å². The lowest BCUT2D eigenvalue weighted by Crippen LogP contribution is -2.20. The molecule has 0 bridgehead atoms. The van der Waals surface area contributed by atoms with Gasteiger partial charge in [-0.15, -0.1) is 0 Å². The van der Waals surface area contributed by atoms with Crippen LogP contribution in [0.2, 0.25) is 0 Å². The highest BCUT2D eigenvalue weighted by molar-refractivity contribution is 5.23. The van der Waals surface area contributed by atoms with E-state index in [0.29, 0.717) is 0 Å². The number of hydrogen-bond acceptors (Lipinski definition) is 2. The molecule has 0 aliphatic rings. The Hall–Kier alpha value is -1.58. The van der Waals surface area contributed by atoms with Crippen molar-refractivity contribution in [3.05, 3.63) is 35.4 Å². The average molecular weight is 246 g/mol. The number of aromatic amines is 2. The van der Waals surface area contributed by atoms with Gasteiger partial charge in [0.1, 0.15) is 0 Å². The molecule has 0 spiro atoms.